The number of rotatable bonds is 12. The summed E-state index contributed by atoms with van der Waals surface area (Å²) in [5.74, 6) is 1.04. The van der Waals surface area contributed by atoms with Crippen LogP contribution in [0.2, 0.25) is 0 Å². The van der Waals surface area contributed by atoms with Gasteiger partial charge in [0, 0.05) is 24.1 Å². The molecule has 10 heteroatoms. The van der Waals surface area contributed by atoms with Crippen LogP contribution in [0.3, 0.4) is 0 Å². The molecule has 1 saturated heterocycles. The van der Waals surface area contributed by atoms with Crippen LogP contribution in [0, 0.1) is 5.92 Å². The van der Waals surface area contributed by atoms with Crippen LogP contribution in [0.5, 0.6) is 5.88 Å². The molecule has 2 aliphatic carbocycles. The van der Waals surface area contributed by atoms with Crippen LogP contribution < -0.4 is 10.5 Å². The van der Waals surface area contributed by atoms with Crippen molar-refractivity contribution in [2.24, 2.45) is 11.7 Å². The molecule has 2 heterocycles. The highest BCUT2D eigenvalue weighted by Crippen LogP contribution is 2.37. The summed E-state index contributed by atoms with van der Waals surface area (Å²) in [6.07, 6.45) is 14.9. The van der Waals surface area contributed by atoms with Crippen LogP contribution >= 0.6 is 0 Å². The average molecular weight is 604 g/mol. The number of hydrogen-bond acceptors (Lipinski definition) is 7. The molecule has 5 atom stereocenters. The van der Waals surface area contributed by atoms with Crippen molar-refractivity contribution >= 4 is 17.5 Å². The molecular formula is C32H46FN3O5S. The number of nitrogens with zero attached hydrogens (tertiary/aromatic N) is 2. The molecule has 8 nitrogen and oxygen atoms in total. The fourth-order valence-corrected chi connectivity index (χ4v) is 7.24. The Labute approximate surface area is 252 Å². The number of aliphatic hydroxyl groups excluding tert-OH is 1. The number of nitrogens with two attached hydrogens (primary N) is 1. The highest BCUT2D eigenvalue weighted by atomic mass is 32.2. The molecule has 0 spiro atoms. The van der Waals surface area contributed by atoms with Crippen molar-refractivity contribution in [2.75, 3.05) is 13.2 Å². The molecule has 1 aromatic rings. The van der Waals surface area contributed by atoms with Crippen molar-refractivity contribution in [1.82, 2.24) is 9.29 Å². The van der Waals surface area contributed by atoms with E-state index in [-0.39, 0.29) is 18.4 Å². The van der Waals surface area contributed by atoms with E-state index in [1.54, 1.807) is 0 Å². The van der Waals surface area contributed by atoms with Gasteiger partial charge in [0.25, 0.3) is 0 Å². The summed E-state index contributed by atoms with van der Waals surface area (Å²) in [6, 6.07) is 3.92. The third-order valence-corrected chi connectivity index (χ3v) is 10.6. The molecule has 232 valence electrons. The minimum absolute atomic E-state index is 0.134. The molecule has 1 aromatic heterocycles. The Hall–Kier alpha value is -2.40. The van der Waals surface area contributed by atoms with Crippen molar-refractivity contribution in [3.8, 4) is 5.88 Å². The second-order valence-corrected chi connectivity index (χ2v) is 13.5. The number of ether oxygens (including phenoxy) is 2. The van der Waals surface area contributed by atoms with E-state index in [9.17, 15) is 18.8 Å². The number of primary amides is 1. The summed E-state index contributed by atoms with van der Waals surface area (Å²) in [4.78, 5) is 16.4. The minimum atomic E-state index is -1.60. The molecule has 0 saturated carbocycles. The predicted octanol–water partition coefficient (Wildman–Crippen LogP) is 6.14. The van der Waals surface area contributed by atoms with Crippen LogP contribution in [-0.2, 0) is 21.5 Å². The second kappa shape index (κ2) is 14.4. The first kappa shape index (κ1) is 32.5. The summed E-state index contributed by atoms with van der Waals surface area (Å²) in [5.41, 5.74) is 6.17. The highest BCUT2D eigenvalue weighted by Gasteiger charge is 2.43. The van der Waals surface area contributed by atoms with Gasteiger partial charge in [0.2, 0.25) is 12.1 Å². The normalized spacial score (nSPS) is 27.6. The van der Waals surface area contributed by atoms with E-state index in [0.717, 1.165) is 37.7 Å². The maximum Gasteiger partial charge on any atom is 0.406 e. The van der Waals surface area contributed by atoms with Crippen molar-refractivity contribution in [3.05, 3.63) is 58.7 Å². The summed E-state index contributed by atoms with van der Waals surface area (Å²) in [7, 11) is 0. The van der Waals surface area contributed by atoms with E-state index in [2.05, 4.69) is 18.0 Å². The third kappa shape index (κ3) is 8.36. The first-order valence-corrected chi connectivity index (χ1v) is 16.3. The quantitative estimate of drug-likeness (QED) is 0.217. The average Bonchev–Trinajstić information content (AvgIpc) is 3.19. The van der Waals surface area contributed by atoms with Crippen LogP contribution in [0.4, 0.5) is 9.18 Å². The van der Waals surface area contributed by atoms with E-state index in [4.69, 9.17) is 15.2 Å². The number of allylic oxidation sites excluding steroid dienone is 5. The van der Waals surface area contributed by atoms with Crippen molar-refractivity contribution < 1.29 is 28.3 Å². The standard InChI is InChI=1S/C32H46FN3O5S/c1-4-32(33,5-2)18-13-23-7-6-8-24(10-9-23)22-40-28-12-11-25(20-35-28)31(3)16-14-27(15-17-31)42(39)36-21-26(37)19-29(36)41-30(34)38/h7,11-12,14-16,20,24,26,29,37H,4-6,8-10,13,17-19,21-22H2,1-3H3,(H2,34,38)/t24?,26-,29?,31?,42?/m1/s1. The second-order valence-electron chi connectivity index (χ2n) is 12.1. The van der Waals surface area contributed by atoms with Gasteiger partial charge in [-0.15, -0.1) is 0 Å². The van der Waals surface area contributed by atoms with Gasteiger partial charge in [0.05, 0.1) is 30.6 Å². The van der Waals surface area contributed by atoms with Gasteiger partial charge < -0.3 is 24.9 Å². The van der Waals surface area contributed by atoms with E-state index >= 15 is 0 Å². The van der Waals surface area contributed by atoms with Gasteiger partial charge in [-0.3, -0.25) is 0 Å². The van der Waals surface area contributed by atoms with E-state index in [1.807, 2.05) is 50.4 Å². The molecule has 3 aliphatic rings. The summed E-state index contributed by atoms with van der Waals surface area (Å²) in [6.45, 7) is 6.72. The number of carbonyl (C=O) groups excluding carboxylic acids is 1. The Morgan fingerprint density at radius 1 is 1.31 bits per heavy atom. The van der Waals surface area contributed by atoms with Crippen molar-refractivity contribution in [3.63, 3.8) is 0 Å². The minimum Gasteiger partial charge on any atom is -0.593 e. The smallest absolute Gasteiger partial charge is 0.406 e. The Morgan fingerprint density at radius 3 is 2.74 bits per heavy atom. The molecule has 4 rings (SSSR count). The Kier molecular flexibility index (Phi) is 11.1. The molecule has 4 unspecified atom stereocenters. The lowest BCUT2D eigenvalue weighted by atomic mass is 9.78. The van der Waals surface area contributed by atoms with Crippen LogP contribution in [0.1, 0.15) is 90.5 Å². The van der Waals surface area contributed by atoms with Gasteiger partial charge in [0.1, 0.15) is 5.67 Å². The molecule has 3 N–H and O–H groups in total. The predicted molar refractivity (Wildman–Crippen MR) is 163 cm³/mol. The van der Waals surface area contributed by atoms with Gasteiger partial charge in [0.15, 0.2) is 4.91 Å². The number of aromatic nitrogens is 1. The fraction of sp³-hybridized carbons (Fsp3) is 0.625. The first-order chi connectivity index (χ1) is 20.0. The third-order valence-electron chi connectivity index (χ3n) is 9.10. The summed E-state index contributed by atoms with van der Waals surface area (Å²) in [5, 5.41) is 10.0. The summed E-state index contributed by atoms with van der Waals surface area (Å²) < 4.78 is 40.5. The number of halogens is 1. The number of carbonyl (C=O) groups is 1. The SMILES string of the molecule is CCC(F)(CC)CCC1=CCCC(COc2ccc(C3(C)C=CC([S+]([O-])N4C[C@H](O)CC4OC(N)=O)=CC3)cn2)CC1. The number of β-amino-alcohol motifs (C(OH)–C–C–N with tert-alkyl or cyclic N) is 1. The molecule has 0 aromatic carbocycles. The van der Waals surface area contributed by atoms with E-state index in [0.29, 0.717) is 49.0 Å². The number of hydrogen-bond donors (Lipinski definition) is 2. The highest BCUT2D eigenvalue weighted by molar-refractivity contribution is 7.93. The first-order valence-electron chi connectivity index (χ1n) is 15.2. The molecule has 1 amide bonds. The van der Waals surface area contributed by atoms with Crippen molar-refractivity contribution in [2.45, 2.75) is 108 Å². The topological polar surface area (TPSA) is 121 Å². The lowest BCUT2D eigenvalue weighted by Gasteiger charge is -2.30. The lowest BCUT2D eigenvalue weighted by Crippen LogP contribution is -2.40. The van der Waals surface area contributed by atoms with Gasteiger partial charge in [-0.1, -0.05) is 48.9 Å². The maximum atomic E-state index is 14.7. The molecular weight excluding hydrogens is 557 g/mol. The number of amides is 1. The number of aliphatic hydroxyl groups is 1. The molecule has 42 heavy (non-hydrogen) atoms. The zero-order valence-corrected chi connectivity index (χ0v) is 25.9. The van der Waals surface area contributed by atoms with Crippen molar-refractivity contribution in [1.29, 1.82) is 0 Å². The van der Waals surface area contributed by atoms with E-state index in [1.165, 1.54) is 9.88 Å². The Bertz CT molecular complexity index is 1160. The van der Waals surface area contributed by atoms with Gasteiger partial charge >= 0.3 is 6.09 Å². The Balaban J connectivity index is 1.26. The van der Waals surface area contributed by atoms with Gasteiger partial charge in [-0.25, -0.2) is 14.2 Å². The van der Waals surface area contributed by atoms with Gasteiger partial charge in [-0.2, -0.15) is 0 Å². The lowest BCUT2D eigenvalue weighted by molar-refractivity contribution is 0.0563. The monoisotopic (exact) mass is 603 g/mol. The zero-order chi connectivity index (χ0) is 30.3. The van der Waals surface area contributed by atoms with Crippen LogP contribution in [0.25, 0.3) is 0 Å². The largest absolute Gasteiger partial charge is 0.593 e. The van der Waals surface area contributed by atoms with E-state index < -0.39 is 35.5 Å². The zero-order valence-electron chi connectivity index (χ0n) is 25.1. The van der Waals surface area contributed by atoms with Gasteiger partial charge in [-0.05, 0) is 81.4 Å². The molecule has 1 fully saturated rings. The Morgan fingerprint density at radius 2 is 2.10 bits per heavy atom. The number of pyridine rings is 1. The molecule has 0 bridgehead atoms. The summed E-state index contributed by atoms with van der Waals surface area (Å²) >= 11 is -1.60. The maximum absolute atomic E-state index is 14.7. The van der Waals surface area contributed by atoms with Crippen LogP contribution in [-0.4, -0.2) is 56.2 Å². The fourth-order valence-electron chi connectivity index (χ4n) is 5.91. The van der Waals surface area contributed by atoms with Crippen LogP contribution in [0.15, 0.2) is 53.1 Å². The molecule has 1 aliphatic heterocycles. The molecule has 0 radical (unpaired) electrons. The number of alkyl halides is 1.